The van der Waals surface area contributed by atoms with Crippen LogP contribution in [0, 0.1) is 27.7 Å². The maximum Gasteiger partial charge on any atom is 0.228 e. The van der Waals surface area contributed by atoms with Crippen molar-refractivity contribution in [1.82, 2.24) is 14.8 Å². The Morgan fingerprint density at radius 2 is 1.81 bits per heavy atom. The summed E-state index contributed by atoms with van der Waals surface area (Å²) in [5, 5.41) is 5.70. The van der Waals surface area contributed by atoms with E-state index in [0.29, 0.717) is 23.2 Å². The molecular formula is C26H29ClN4O3S2. The number of aryl methyl sites for hydroxylation is 4. The highest BCUT2D eigenvalue weighted by molar-refractivity contribution is 7.91. The van der Waals surface area contributed by atoms with Crippen LogP contribution >= 0.6 is 22.9 Å². The van der Waals surface area contributed by atoms with Crippen LogP contribution in [0.25, 0.3) is 10.2 Å². The van der Waals surface area contributed by atoms with Gasteiger partial charge in [-0.3, -0.25) is 14.4 Å². The van der Waals surface area contributed by atoms with Gasteiger partial charge in [0.25, 0.3) is 0 Å². The first kappa shape index (κ1) is 26.3. The Hall–Kier alpha value is -2.75. The molecule has 2 aromatic heterocycles. The number of amides is 1. The van der Waals surface area contributed by atoms with Crippen LogP contribution in [0.15, 0.2) is 47.4 Å². The van der Waals surface area contributed by atoms with Gasteiger partial charge in [-0.15, -0.1) is 0 Å². The molecule has 0 aliphatic carbocycles. The lowest BCUT2D eigenvalue weighted by Crippen LogP contribution is -2.34. The first-order valence-corrected chi connectivity index (χ1v) is 14.6. The highest BCUT2D eigenvalue weighted by atomic mass is 35.5. The van der Waals surface area contributed by atoms with E-state index >= 15 is 0 Å². The number of hydrogen-bond acceptors (Lipinski definition) is 6. The smallest absolute Gasteiger partial charge is 0.228 e. The van der Waals surface area contributed by atoms with Gasteiger partial charge in [-0.05, 0) is 70.0 Å². The average Bonchev–Trinajstić information content (AvgIpc) is 3.36. The second-order valence-electron chi connectivity index (χ2n) is 9.00. The Morgan fingerprint density at radius 3 is 2.47 bits per heavy atom. The summed E-state index contributed by atoms with van der Waals surface area (Å²) in [4.78, 5) is 20.1. The third-order valence-corrected chi connectivity index (χ3v) is 9.05. The van der Waals surface area contributed by atoms with Gasteiger partial charge in [-0.1, -0.05) is 40.6 Å². The van der Waals surface area contributed by atoms with Crippen molar-refractivity contribution >= 4 is 54.0 Å². The van der Waals surface area contributed by atoms with Crippen molar-refractivity contribution in [2.75, 3.05) is 17.2 Å². The minimum absolute atomic E-state index is 0.0951. The van der Waals surface area contributed by atoms with E-state index in [9.17, 15) is 13.2 Å². The first-order chi connectivity index (χ1) is 17.0. The molecular weight excluding hydrogens is 516 g/mol. The molecule has 10 heteroatoms. The summed E-state index contributed by atoms with van der Waals surface area (Å²) in [7, 11) is -3.46. The highest BCUT2D eigenvalue weighted by Gasteiger charge is 2.22. The molecule has 0 saturated carbocycles. The van der Waals surface area contributed by atoms with Gasteiger partial charge >= 0.3 is 0 Å². The lowest BCUT2D eigenvalue weighted by Gasteiger charge is -2.20. The Morgan fingerprint density at radius 1 is 1.08 bits per heavy atom. The Balaban J connectivity index is 1.53. The lowest BCUT2D eigenvalue weighted by molar-refractivity contribution is -0.118. The lowest BCUT2D eigenvalue weighted by atomic mass is 10.2. The molecule has 0 saturated heterocycles. The minimum Gasteiger partial charge on any atom is -0.286 e. The van der Waals surface area contributed by atoms with E-state index in [2.05, 4.69) is 5.10 Å². The fourth-order valence-electron chi connectivity index (χ4n) is 4.09. The SMILES string of the molecule is Cc1ccc(S(=O)(=O)CCCC(=O)N(CCn2nc(C)cc2C)c2nc3c(C)cc(Cl)cc3s2)cc1. The number of rotatable bonds is 9. The van der Waals surface area contributed by atoms with E-state index in [1.54, 1.807) is 29.2 Å². The molecule has 0 atom stereocenters. The van der Waals surface area contributed by atoms with Crippen LogP contribution < -0.4 is 4.90 Å². The molecule has 36 heavy (non-hydrogen) atoms. The van der Waals surface area contributed by atoms with Gasteiger partial charge in [0, 0.05) is 23.7 Å². The van der Waals surface area contributed by atoms with Gasteiger partial charge < -0.3 is 0 Å². The van der Waals surface area contributed by atoms with Crippen molar-refractivity contribution in [3.63, 3.8) is 0 Å². The largest absolute Gasteiger partial charge is 0.286 e. The van der Waals surface area contributed by atoms with E-state index in [0.717, 1.165) is 32.7 Å². The standard InChI is InChI=1S/C26H29ClN4O3S2/c1-17-7-9-22(10-8-17)36(33,34)13-5-6-24(32)30(11-12-31-20(4)15-19(3)29-31)26-28-25-18(2)14-21(27)16-23(25)35-26/h7-10,14-16H,5-6,11-13H2,1-4H3. The van der Waals surface area contributed by atoms with Crippen molar-refractivity contribution in [2.24, 2.45) is 0 Å². The highest BCUT2D eigenvalue weighted by Crippen LogP contribution is 2.33. The molecule has 0 spiro atoms. The molecule has 0 N–H and O–H groups in total. The zero-order valence-electron chi connectivity index (χ0n) is 20.8. The molecule has 0 aliphatic heterocycles. The second kappa shape index (κ2) is 10.7. The number of carbonyl (C=O) groups excluding carboxylic acids is 1. The van der Waals surface area contributed by atoms with Crippen molar-refractivity contribution in [1.29, 1.82) is 0 Å². The van der Waals surface area contributed by atoms with E-state index in [1.807, 2.05) is 50.6 Å². The van der Waals surface area contributed by atoms with Crippen LogP contribution in [0.1, 0.15) is 35.4 Å². The number of aromatic nitrogens is 3. The van der Waals surface area contributed by atoms with E-state index in [1.165, 1.54) is 11.3 Å². The van der Waals surface area contributed by atoms with Crippen molar-refractivity contribution < 1.29 is 13.2 Å². The molecule has 0 fully saturated rings. The summed E-state index contributed by atoms with van der Waals surface area (Å²) >= 11 is 7.64. The van der Waals surface area contributed by atoms with E-state index in [4.69, 9.17) is 16.6 Å². The van der Waals surface area contributed by atoms with Gasteiger partial charge in [0.05, 0.1) is 33.1 Å². The topological polar surface area (TPSA) is 85.2 Å². The number of carbonyl (C=O) groups is 1. The summed E-state index contributed by atoms with van der Waals surface area (Å²) in [6.45, 7) is 8.63. The number of halogens is 1. The minimum atomic E-state index is -3.46. The Labute approximate surface area is 220 Å². The zero-order valence-corrected chi connectivity index (χ0v) is 23.2. The summed E-state index contributed by atoms with van der Waals surface area (Å²) < 4.78 is 28.3. The normalized spacial score (nSPS) is 11.8. The molecule has 2 aromatic carbocycles. The fraction of sp³-hybridized carbons (Fsp3) is 0.346. The molecule has 2 heterocycles. The van der Waals surface area contributed by atoms with Gasteiger partial charge in [0.1, 0.15) is 0 Å². The number of benzene rings is 2. The van der Waals surface area contributed by atoms with E-state index < -0.39 is 9.84 Å². The van der Waals surface area contributed by atoms with Crippen molar-refractivity contribution in [3.8, 4) is 0 Å². The van der Waals surface area contributed by atoms with Gasteiger partial charge in [-0.25, -0.2) is 13.4 Å². The molecule has 0 unspecified atom stereocenters. The predicted octanol–water partition coefficient (Wildman–Crippen LogP) is 5.67. The van der Waals surface area contributed by atoms with Gasteiger partial charge in [-0.2, -0.15) is 5.10 Å². The number of anilines is 1. The van der Waals surface area contributed by atoms with Crippen LogP contribution in [0.3, 0.4) is 0 Å². The van der Waals surface area contributed by atoms with Gasteiger partial charge in [0.2, 0.25) is 5.91 Å². The van der Waals surface area contributed by atoms with Crippen LogP contribution in [-0.4, -0.2) is 41.4 Å². The number of fused-ring (bicyclic) bond motifs is 1. The predicted molar refractivity (Wildman–Crippen MR) is 146 cm³/mol. The number of hydrogen-bond donors (Lipinski definition) is 0. The summed E-state index contributed by atoms with van der Waals surface area (Å²) in [6, 6.07) is 12.5. The molecule has 0 radical (unpaired) electrons. The summed E-state index contributed by atoms with van der Waals surface area (Å²) in [5.41, 5.74) is 4.67. The zero-order chi connectivity index (χ0) is 26.0. The molecule has 0 bridgehead atoms. The Kier molecular flexibility index (Phi) is 7.82. The molecule has 0 aliphatic rings. The number of thiazole rings is 1. The maximum absolute atomic E-state index is 13.4. The third-order valence-electron chi connectivity index (χ3n) is 5.99. The fourth-order valence-corrected chi connectivity index (χ4v) is 6.87. The first-order valence-electron chi connectivity index (χ1n) is 11.7. The van der Waals surface area contributed by atoms with Crippen molar-refractivity contribution in [3.05, 3.63) is 70.0 Å². The summed E-state index contributed by atoms with van der Waals surface area (Å²) in [5.74, 6) is -0.264. The summed E-state index contributed by atoms with van der Waals surface area (Å²) in [6.07, 6.45) is 0.319. The molecule has 7 nitrogen and oxygen atoms in total. The second-order valence-corrected chi connectivity index (χ2v) is 12.6. The van der Waals surface area contributed by atoms with Crippen LogP contribution in [-0.2, 0) is 21.2 Å². The number of nitrogens with zero attached hydrogens (tertiary/aromatic N) is 4. The Bertz CT molecular complexity index is 1510. The van der Waals surface area contributed by atoms with Crippen LogP contribution in [0.2, 0.25) is 5.02 Å². The van der Waals surface area contributed by atoms with Crippen LogP contribution in [0.5, 0.6) is 0 Å². The van der Waals surface area contributed by atoms with Crippen molar-refractivity contribution in [2.45, 2.75) is 52.0 Å². The molecule has 190 valence electrons. The average molecular weight is 545 g/mol. The monoisotopic (exact) mass is 544 g/mol. The maximum atomic E-state index is 13.4. The quantitative estimate of drug-likeness (QED) is 0.271. The number of sulfone groups is 1. The van der Waals surface area contributed by atoms with Crippen LogP contribution in [0.4, 0.5) is 5.13 Å². The molecule has 4 aromatic rings. The van der Waals surface area contributed by atoms with Gasteiger partial charge in [0.15, 0.2) is 15.0 Å². The van der Waals surface area contributed by atoms with E-state index in [-0.39, 0.29) is 29.4 Å². The third kappa shape index (κ3) is 5.96. The molecule has 4 rings (SSSR count). The molecule has 1 amide bonds.